The van der Waals surface area contributed by atoms with E-state index in [0.717, 1.165) is 6.42 Å². The Hall–Kier alpha value is -1.57. The number of carbonyl (C=O) groups excluding carboxylic acids is 1. The van der Waals surface area contributed by atoms with Gasteiger partial charge in [-0.25, -0.2) is 0 Å². The van der Waals surface area contributed by atoms with Crippen LogP contribution in [0.25, 0.3) is 0 Å². The van der Waals surface area contributed by atoms with Crippen molar-refractivity contribution in [3.8, 4) is 0 Å². The fraction of sp³-hybridized carbons (Fsp3) is 0.308. The van der Waals surface area contributed by atoms with Crippen molar-refractivity contribution >= 4 is 5.91 Å². The van der Waals surface area contributed by atoms with E-state index in [-0.39, 0.29) is 5.91 Å². The highest BCUT2D eigenvalue weighted by molar-refractivity contribution is 5.94. The molecule has 0 bridgehead atoms. The molecular weight excluding hydrogens is 186 g/mol. The van der Waals surface area contributed by atoms with Gasteiger partial charge in [-0.15, -0.1) is 0 Å². The van der Waals surface area contributed by atoms with Crippen molar-refractivity contribution in [1.82, 2.24) is 5.32 Å². The number of hydrogen-bond acceptors (Lipinski definition) is 1. The number of amides is 1. The van der Waals surface area contributed by atoms with Gasteiger partial charge in [-0.2, -0.15) is 0 Å². The largest absolute Gasteiger partial charge is 0.329 e. The SMILES string of the molecule is CC.CC/C=C/NC(=O)c1ccccc1. The molecule has 0 saturated heterocycles. The molecule has 0 atom stereocenters. The third kappa shape index (κ3) is 5.68. The van der Waals surface area contributed by atoms with Crippen LogP contribution in [0, 0.1) is 0 Å². The van der Waals surface area contributed by atoms with Crippen LogP contribution in [0.4, 0.5) is 0 Å². The van der Waals surface area contributed by atoms with E-state index in [4.69, 9.17) is 0 Å². The molecule has 82 valence electrons. The molecule has 1 amide bonds. The maximum Gasteiger partial charge on any atom is 0.255 e. The summed E-state index contributed by atoms with van der Waals surface area (Å²) in [6.45, 7) is 6.02. The minimum Gasteiger partial charge on any atom is -0.329 e. The van der Waals surface area contributed by atoms with E-state index in [1.165, 1.54) is 0 Å². The average Bonchev–Trinajstić information content (AvgIpc) is 2.33. The highest BCUT2D eigenvalue weighted by Gasteiger charge is 1.99. The summed E-state index contributed by atoms with van der Waals surface area (Å²) < 4.78 is 0. The molecule has 0 spiro atoms. The summed E-state index contributed by atoms with van der Waals surface area (Å²) in [7, 11) is 0. The molecule has 0 aliphatic rings. The summed E-state index contributed by atoms with van der Waals surface area (Å²) in [6, 6.07) is 9.15. The minimum atomic E-state index is -0.0645. The Bertz CT molecular complexity index is 291. The zero-order valence-corrected chi connectivity index (χ0v) is 9.66. The Morgan fingerprint density at radius 1 is 1.27 bits per heavy atom. The lowest BCUT2D eigenvalue weighted by Gasteiger charge is -1.98. The fourth-order valence-corrected chi connectivity index (χ4v) is 0.925. The van der Waals surface area contributed by atoms with Gasteiger partial charge in [0.1, 0.15) is 0 Å². The zero-order chi connectivity index (χ0) is 11.5. The molecule has 1 aromatic carbocycles. The molecule has 0 saturated carbocycles. The maximum atomic E-state index is 11.4. The summed E-state index contributed by atoms with van der Waals surface area (Å²) in [5, 5.41) is 2.68. The van der Waals surface area contributed by atoms with Crippen LogP contribution >= 0.6 is 0 Å². The Morgan fingerprint density at radius 3 is 2.40 bits per heavy atom. The molecule has 0 fully saturated rings. The van der Waals surface area contributed by atoms with Crippen molar-refractivity contribution in [3.63, 3.8) is 0 Å². The predicted octanol–water partition coefficient (Wildman–Crippen LogP) is 3.37. The van der Waals surface area contributed by atoms with Gasteiger partial charge in [-0.05, 0) is 18.6 Å². The summed E-state index contributed by atoms with van der Waals surface area (Å²) in [5.74, 6) is -0.0645. The molecular formula is C13H19NO. The molecule has 2 nitrogen and oxygen atoms in total. The number of nitrogens with one attached hydrogen (secondary N) is 1. The second-order valence-corrected chi connectivity index (χ2v) is 2.65. The normalized spacial score (nSPS) is 9.27. The standard InChI is InChI=1S/C11H13NO.C2H6/c1-2-3-9-12-11(13)10-7-5-4-6-8-10;1-2/h3-9H,2H2,1H3,(H,12,13);1-2H3/b9-3+;. The second-order valence-electron chi connectivity index (χ2n) is 2.65. The van der Waals surface area contributed by atoms with E-state index in [0.29, 0.717) is 5.56 Å². The first-order valence-electron chi connectivity index (χ1n) is 5.35. The summed E-state index contributed by atoms with van der Waals surface area (Å²) in [6.07, 6.45) is 4.51. The van der Waals surface area contributed by atoms with Gasteiger partial charge in [-0.3, -0.25) is 4.79 Å². The van der Waals surface area contributed by atoms with Crippen LogP contribution in [-0.4, -0.2) is 5.91 Å². The Morgan fingerprint density at radius 2 is 1.87 bits per heavy atom. The van der Waals surface area contributed by atoms with Gasteiger partial charge >= 0.3 is 0 Å². The topological polar surface area (TPSA) is 29.1 Å². The fourth-order valence-electron chi connectivity index (χ4n) is 0.925. The van der Waals surface area contributed by atoms with Crippen LogP contribution in [0.2, 0.25) is 0 Å². The molecule has 0 radical (unpaired) electrons. The molecule has 1 aromatic rings. The molecule has 0 aliphatic carbocycles. The van der Waals surface area contributed by atoms with Crippen LogP contribution in [0.5, 0.6) is 0 Å². The third-order valence-corrected chi connectivity index (χ3v) is 1.60. The zero-order valence-electron chi connectivity index (χ0n) is 9.66. The summed E-state index contributed by atoms with van der Waals surface area (Å²) in [5.41, 5.74) is 0.684. The van der Waals surface area contributed by atoms with Crippen molar-refractivity contribution < 1.29 is 4.79 Å². The van der Waals surface area contributed by atoms with Crippen LogP contribution in [0.3, 0.4) is 0 Å². The van der Waals surface area contributed by atoms with E-state index >= 15 is 0 Å². The van der Waals surface area contributed by atoms with Crippen LogP contribution in [-0.2, 0) is 0 Å². The van der Waals surface area contributed by atoms with Crippen molar-refractivity contribution in [2.75, 3.05) is 0 Å². The minimum absolute atomic E-state index is 0.0645. The monoisotopic (exact) mass is 205 g/mol. The predicted molar refractivity (Wildman–Crippen MR) is 64.7 cm³/mol. The van der Waals surface area contributed by atoms with Gasteiger partial charge in [0.05, 0.1) is 0 Å². The van der Waals surface area contributed by atoms with Crippen LogP contribution < -0.4 is 5.32 Å². The smallest absolute Gasteiger partial charge is 0.255 e. The summed E-state index contributed by atoms with van der Waals surface area (Å²) >= 11 is 0. The molecule has 0 aliphatic heterocycles. The van der Waals surface area contributed by atoms with Gasteiger partial charge in [0.15, 0.2) is 0 Å². The average molecular weight is 205 g/mol. The first-order chi connectivity index (χ1) is 7.34. The van der Waals surface area contributed by atoms with Crippen molar-refractivity contribution in [2.45, 2.75) is 27.2 Å². The van der Waals surface area contributed by atoms with E-state index in [1.54, 1.807) is 18.3 Å². The lowest BCUT2D eigenvalue weighted by molar-refractivity contribution is 0.0970. The molecule has 0 unspecified atom stereocenters. The molecule has 0 heterocycles. The first kappa shape index (κ1) is 13.4. The highest BCUT2D eigenvalue weighted by atomic mass is 16.1. The van der Waals surface area contributed by atoms with Crippen molar-refractivity contribution in [1.29, 1.82) is 0 Å². The number of allylic oxidation sites excluding steroid dienone is 1. The van der Waals surface area contributed by atoms with Crippen LogP contribution in [0.15, 0.2) is 42.6 Å². The van der Waals surface area contributed by atoms with E-state index < -0.39 is 0 Å². The number of benzene rings is 1. The van der Waals surface area contributed by atoms with E-state index in [1.807, 2.05) is 45.0 Å². The lowest BCUT2D eigenvalue weighted by Crippen LogP contribution is -2.16. The maximum absolute atomic E-state index is 11.4. The van der Waals surface area contributed by atoms with E-state index in [2.05, 4.69) is 5.32 Å². The van der Waals surface area contributed by atoms with Crippen molar-refractivity contribution in [3.05, 3.63) is 48.2 Å². The quantitative estimate of drug-likeness (QED) is 0.805. The van der Waals surface area contributed by atoms with Gasteiger partial charge in [0.2, 0.25) is 0 Å². The molecule has 2 heteroatoms. The Labute approximate surface area is 92.0 Å². The number of hydrogen-bond donors (Lipinski definition) is 1. The van der Waals surface area contributed by atoms with Gasteiger partial charge in [-0.1, -0.05) is 45.0 Å². The Balaban J connectivity index is 0.000000921. The number of carbonyl (C=O) groups is 1. The van der Waals surface area contributed by atoms with Crippen LogP contribution in [0.1, 0.15) is 37.6 Å². The highest BCUT2D eigenvalue weighted by Crippen LogP contribution is 1.97. The van der Waals surface area contributed by atoms with Gasteiger partial charge in [0.25, 0.3) is 5.91 Å². The molecule has 1 N–H and O–H groups in total. The Kier molecular flexibility index (Phi) is 8.06. The third-order valence-electron chi connectivity index (χ3n) is 1.60. The summed E-state index contributed by atoms with van der Waals surface area (Å²) in [4.78, 5) is 11.4. The van der Waals surface area contributed by atoms with Gasteiger partial charge < -0.3 is 5.32 Å². The van der Waals surface area contributed by atoms with Crippen molar-refractivity contribution in [2.24, 2.45) is 0 Å². The van der Waals surface area contributed by atoms with E-state index in [9.17, 15) is 4.79 Å². The first-order valence-corrected chi connectivity index (χ1v) is 5.35. The number of rotatable bonds is 3. The second kappa shape index (κ2) is 9.00. The van der Waals surface area contributed by atoms with Gasteiger partial charge in [0, 0.05) is 11.8 Å². The molecule has 1 rings (SSSR count). The molecule has 0 aromatic heterocycles. The molecule has 15 heavy (non-hydrogen) atoms. The lowest BCUT2D eigenvalue weighted by atomic mass is 10.2.